The SMILES string of the molecule is C=Cc1cccc2c(OC[SiH3])cccc12. The number of hydrogen-bond acceptors (Lipinski definition) is 1. The third-order valence-corrected chi connectivity index (χ3v) is 2.72. The van der Waals surface area contributed by atoms with Gasteiger partial charge in [0.05, 0.1) is 16.5 Å². The summed E-state index contributed by atoms with van der Waals surface area (Å²) in [5.41, 5.74) is 1.16. The molecule has 0 aliphatic rings. The van der Waals surface area contributed by atoms with E-state index in [9.17, 15) is 0 Å². The molecule has 2 rings (SSSR count). The monoisotopic (exact) mass is 214 g/mol. The second-order valence-corrected chi connectivity index (χ2v) is 3.91. The van der Waals surface area contributed by atoms with Gasteiger partial charge in [-0.25, -0.2) is 0 Å². The number of ether oxygens (including phenoxy) is 1. The zero-order valence-electron chi connectivity index (χ0n) is 8.86. The summed E-state index contributed by atoms with van der Waals surface area (Å²) in [7, 11) is 1.06. The lowest BCUT2D eigenvalue weighted by Gasteiger charge is -2.08. The largest absolute Gasteiger partial charge is 0.498 e. The molecule has 0 N–H and O–H groups in total. The molecule has 2 heteroatoms. The van der Waals surface area contributed by atoms with Crippen LogP contribution < -0.4 is 4.74 Å². The molecule has 1 nitrogen and oxygen atoms in total. The predicted molar refractivity (Wildman–Crippen MR) is 69.5 cm³/mol. The maximum atomic E-state index is 5.65. The van der Waals surface area contributed by atoms with E-state index in [1.54, 1.807) is 0 Å². The molecule has 2 aromatic rings. The van der Waals surface area contributed by atoms with Gasteiger partial charge in [-0.15, -0.1) is 0 Å². The molecular formula is C13H14OSi. The molecule has 0 heterocycles. The van der Waals surface area contributed by atoms with Gasteiger partial charge in [0.1, 0.15) is 5.75 Å². The van der Waals surface area contributed by atoms with E-state index in [0.29, 0.717) is 0 Å². The summed E-state index contributed by atoms with van der Waals surface area (Å²) in [5.74, 6) is 0.978. The number of hydrogen-bond donors (Lipinski definition) is 0. The molecule has 0 saturated carbocycles. The molecule has 0 atom stereocenters. The minimum absolute atomic E-state index is 0.831. The highest BCUT2D eigenvalue weighted by Crippen LogP contribution is 2.28. The van der Waals surface area contributed by atoms with E-state index in [0.717, 1.165) is 27.8 Å². The lowest BCUT2D eigenvalue weighted by Crippen LogP contribution is -1.96. The molecule has 0 aliphatic carbocycles. The Morgan fingerprint density at radius 1 is 1.13 bits per heavy atom. The summed E-state index contributed by atoms with van der Waals surface area (Å²) in [6.45, 7) is 3.82. The Hall–Kier alpha value is -1.54. The van der Waals surface area contributed by atoms with Crippen LogP contribution in [-0.4, -0.2) is 16.5 Å². The van der Waals surface area contributed by atoms with Crippen LogP contribution in [0.5, 0.6) is 5.75 Å². The van der Waals surface area contributed by atoms with E-state index in [1.165, 1.54) is 10.8 Å². The van der Waals surface area contributed by atoms with E-state index in [-0.39, 0.29) is 0 Å². The zero-order valence-corrected chi connectivity index (χ0v) is 10.9. The highest BCUT2D eigenvalue weighted by molar-refractivity contribution is 6.08. The van der Waals surface area contributed by atoms with Crippen LogP contribution in [-0.2, 0) is 0 Å². The van der Waals surface area contributed by atoms with E-state index in [1.807, 2.05) is 24.3 Å². The minimum atomic E-state index is 0.831. The third-order valence-electron chi connectivity index (χ3n) is 2.44. The zero-order chi connectivity index (χ0) is 10.7. The van der Waals surface area contributed by atoms with Crippen molar-refractivity contribution in [1.82, 2.24) is 0 Å². The van der Waals surface area contributed by atoms with Gasteiger partial charge in [0, 0.05) is 5.39 Å². The van der Waals surface area contributed by atoms with E-state index in [4.69, 9.17) is 4.74 Å². The summed E-state index contributed by atoms with van der Waals surface area (Å²) < 4.78 is 5.65. The summed E-state index contributed by atoms with van der Waals surface area (Å²) in [6, 6.07) is 12.4. The van der Waals surface area contributed by atoms with Crippen LogP contribution in [0, 0.1) is 0 Å². The van der Waals surface area contributed by atoms with Gasteiger partial charge in [0.25, 0.3) is 0 Å². The van der Waals surface area contributed by atoms with Gasteiger partial charge in [-0.05, 0) is 17.0 Å². The van der Waals surface area contributed by atoms with Crippen molar-refractivity contribution in [2.75, 3.05) is 6.23 Å². The molecule has 0 amide bonds. The van der Waals surface area contributed by atoms with Crippen LogP contribution in [0.1, 0.15) is 5.56 Å². The quantitative estimate of drug-likeness (QED) is 0.712. The highest BCUT2D eigenvalue weighted by atomic mass is 28.1. The van der Waals surface area contributed by atoms with Crippen molar-refractivity contribution in [2.24, 2.45) is 0 Å². The van der Waals surface area contributed by atoms with Crippen molar-refractivity contribution >= 4 is 27.1 Å². The smallest absolute Gasteiger partial charge is 0.126 e. The summed E-state index contributed by atoms with van der Waals surface area (Å²) in [5, 5.41) is 2.38. The van der Waals surface area contributed by atoms with Crippen molar-refractivity contribution < 1.29 is 4.74 Å². The molecule has 2 aromatic carbocycles. The van der Waals surface area contributed by atoms with Crippen molar-refractivity contribution in [3.05, 3.63) is 48.5 Å². The van der Waals surface area contributed by atoms with Crippen LogP contribution >= 0.6 is 0 Å². The molecule has 0 unspecified atom stereocenters. The second kappa shape index (κ2) is 4.32. The molecule has 15 heavy (non-hydrogen) atoms. The van der Waals surface area contributed by atoms with Gasteiger partial charge < -0.3 is 4.74 Å². The van der Waals surface area contributed by atoms with Crippen LogP contribution in [0.4, 0.5) is 0 Å². The number of rotatable bonds is 3. The predicted octanol–water partition coefficient (Wildman–Crippen LogP) is 2.18. The Morgan fingerprint density at radius 2 is 1.87 bits per heavy atom. The van der Waals surface area contributed by atoms with E-state index >= 15 is 0 Å². The maximum Gasteiger partial charge on any atom is 0.126 e. The van der Waals surface area contributed by atoms with Crippen LogP contribution in [0.3, 0.4) is 0 Å². The van der Waals surface area contributed by atoms with Crippen molar-refractivity contribution in [2.45, 2.75) is 0 Å². The molecule has 76 valence electrons. The van der Waals surface area contributed by atoms with Gasteiger partial charge in [0.15, 0.2) is 0 Å². The standard InChI is InChI=1S/C13H14OSi/c1-2-10-5-3-7-12-11(10)6-4-8-13(12)14-9-15/h2-8H,1,9H2,15H3. The first kappa shape index (κ1) is 9.99. The first-order valence-corrected chi connectivity index (χ1v) is 6.55. The highest BCUT2D eigenvalue weighted by Gasteiger charge is 2.02. The van der Waals surface area contributed by atoms with Gasteiger partial charge in [-0.1, -0.05) is 43.0 Å². The fourth-order valence-electron chi connectivity index (χ4n) is 1.76. The Kier molecular flexibility index (Phi) is 2.88. The first-order chi connectivity index (χ1) is 7.36. The Morgan fingerprint density at radius 3 is 2.60 bits per heavy atom. The molecule has 0 bridgehead atoms. The first-order valence-electron chi connectivity index (χ1n) is 5.13. The van der Waals surface area contributed by atoms with Crippen molar-refractivity contribution in [1.29, 1.82) is 0 Å². The molecule has 0 aromatic heterocycles. The molecule has 0 radical (unpaired) electrons. The second-order valence-electron chi connectivity index (χ2n) is 3.34. The van der Waals surface area contributed by atoms with E-state index < -0.39 is 0 Å². The van der Waals surface area contributed by atoms with Gasteiger partial charge in [0.2, 0.25) is 0 Å². The van der Waals surface area contributed by atoms with Gasteiger partial charge >= 0.3 is 0 Å². The Bertz CT molecular complexity index is 491. The summed E-state index contributed by atoms with van der Waals surface area (Å²) in [4.78, 5) is 0. The van der Waals surface area contributed by atoms with Crippen LogP contribution in [0.2, 0.25) is 0 Å². The normalized spacial score (nSPS) is 10.4. The fraction of sp³-hybridized carbons (Fsp3) is 0.0769. The van der Waals surface area contributed by atoms with E-state index in [2.05, 4.69) is 24.8 Å². The summed E-state index contributed by atoms with van der Waals surface area (Å²) >= 11 is 0. The number of fused-ring (bicyclic) bond motifs is 1. The molecule has 0 spiro atoms. The maximum absolute atomic E-state index is 5.65. The average Bonchev–Trinajstić information content (AvgIpc) is 2.29. The molecule has 0 saturated heterocycles. The van der Waals surface area contributed by atoms with Crippen LogP contribution in [0.15, 0.2) is 43.0 Å². The Labute approximate surface area is 92.8 Å². The third kappa shape index (κ3) is 1.81. The number of benzene rings is 2. The average molecular weight is 214 g/mol. The fourth-order valence-corrected chi connectivity index (χ4v) is 2.08. The minimum Gasteiger partial charge on any atom is -0.498 e. The van der Waals surface area contributed by atoms with Gasteiger partial charge in [-0.3, -0.25) is 0 Å². The molecule has 0 fully saturated rings. The van der Waals surface area contributed by atoms with Crippen LogP contribution in [0.25, 0.3) is 16.8 Å². The molecule has 0 aliphatic heterocycles. The Balaban J connectivity index is 2.70. The van der Waals surface area contributed by atoms with Crippen molar-refractivity contribution in [3.8, 4) is 5.75 Å². The van der Waals surface area contributed by atoms with Gasteiger partial charge in [-0.2, -0.15) is 0 Å². The molecular weight excluding hydrogens is 200 g/mol. The van der Waals surface area contributed by atoms with Crippen molar-refractivity contribution in [3.63, 3.8) is 0 Å². The lowest BCUT2D eigenvalue weighted by atomic mass is 10.0. The lowest BCUT2D eigenvalue weighted by molar-refractivity contribution is 0.392. The topological polar surface area (TPSA) is 9.23 Å². The summed E-state index contributed by atoms with van der Waals surface area (Å²) in [6.07, 6.45) is 2.71.